The Morgan fingerprint density at radius 3 is 2.84 bits per heavy atom. The van der Waals surface area contributed by atoms with Gasteiger partial charge in [0.1, 0.15) is 5.84 Å². The van der Waals surface area contributed by atoms with Gasteiger partial charge in [0, 0.05) is 34.9 Å². The molecule has 1 saturated heterocycles. The van der Waals surface area contributed by atoms with Gasteiger partial charge in [-0.25, -0.2) is 0 Å². The van der Waals surface area contributed by atoms with Crippen LogP contribution in [0.25, 0.3) is 0 Å². The van der Waals surface area contributed by atoms with Crippen molar-refractivity contribution in [1.29, 1.82) is 5.41 Å². The van der Waals surface area contributed by atoms with Gasteiger partial charge in [-0.2, -0.15) is 0 Å². The number of nitrogens with two attached hydrogens (primary N) is 1. The van der Waals surface area contributed by atoms with E-state index < -0.39 is 0 Å². The maximum absolute atomic E-state index is 7.77. The third-order valence-corrected chi connectivity index (χ3v) is 4.10. The summed E-state index contributed by atoms with van der Waals surface area (Å²) in [6.45, 7) is 5.39. The molecule has 0 saturated carbocycles. The second-order valence-corrected chi connectivity index (χ2v) is 6.15. The van der Waals surface area contributed by atoms with Crippen molar-refractivity contribution in [3.63, 3.8) is 0 Å². The Labute approximate surface area is 123 Å². The normalized spacial score (nSPS) is 21.2. The van der Waals surface area contributed by atoms with Crippen LogP contribution in [0.4, 0.5) is 5.69 Å². The van der Waals surface area contributed by atoms with Crippen molar-refractivity contribution in [3.8, 4) is 0 Å². The van der Waals surface area contributed by atoms with Crippen molar-refractivity contribution < 1.29 is 0 Å². The topological polar surface area (TPSA) is 56.4 Å². The Morgan fingerprint density at radius 1 is 1.42 bits per heavy atom. The van der Waals surface area contributed by atoms with Crippen molar-refractivity contribution >= 4 is 27.5 Å². The highest BCUT2D eigenvalue weighted by Crippen LogP contribution is 2.27. The molecular formula is C14H21BrN4. The standard InChI is InChI=1S/C14H21BrN4/c1-10-9-18(2)6-3-7-19(10)13-5-4-11(15)8-12(13)14(16)17/h4-5,8,10H,3,6-7,9H2,1-2H3,(H3,16,17). The van der Waals surface area contributed by atoms with E-state index in [4.69, 9.17) is 11.1 Å². The van der Waals surface area contributed by atoms with E-state index >= 15 is 0 Å². The number of nitrogens with zero attached hydrogens (tertiary/aromatic N) is 2. The van der Waals surface area contributed by atoms with E-state index in [0.29, 0.717) is 6.04 Å². The highest BCUT2D eigenvalue weighted by molar-refractivity contribution is 9.10. The molecule has 0 spiro atoms. The van der Waals surface area contributed by atoms with E-state index in [2.05, 4.69) is 45.8 Å². The molecule has 0 bridgehead atoms. The Bertz CT molecular complexity index is 475. The highest BCUT2D eigenvalue weighted by Gasteiger charge is 2.22. The van der Waals surface area contributed by atoms with E-state index in [1.54, 1.807) is 0 Å². The fourth-order valence-corrected chi connectivity index (χ4v) is 3.07. The molecule has 4 nitrogen and oxygen atoms in total. The van der Waals surface area contributed by atoms with Crippen LogP contribution in [0.3, 0.4) is 0 Å². The number of hydrogen-bond donors (Lipinski definition) is 2. The zero-order chi connectivity index (χ0) is 14.0. The fraction of sp³-hybridized carbons (Fsp3) is 0.500. The van der Waals surface area contributed by atoms with E-state index in [1.165, 1.54) is 0 Å². The molecule has 3 N–H and O–H groups in total. The Kier molecular flexibility index (Phi) is 4.47. The first-order valence-electron chi connectivity index (χ1n) is 6.58. The van der Waals surface area contributed by atoms with Crippen LogP contribution in [0.5, 0.6) is 0 Å². The third kappa shape index (κ3) is 3.28. The zero-order valence-corrected chi connectivity index (χ0v) is 13.1. The molecule has 104 valence electrons. The van der Waals surface area contributed by atoms with Gasteiger partial charge < -0.3 is 15.5 Å². The van der Waals surface area contributed by atoms with E-state index in [-0.39, 0.29) is 5.84 Å². The summed E-state index contributed by atoms with van der Waals surface area (Å²) in [7, 11) is 2.16. The smallest absolute Gasteiger partial charge is 0.124 e. The number of nitrogens with one attached hydrogen (secondary N) is 1. The first-order chi connectivity index (χ1) is 8.99. The molecule has 0 aliphatic carbocycles. The number of anilines is 1. The molecule has 19 heavy (non-hydrogen) atoms. The molecule has 0 radical (unpaired) electrons. The minimum absolute atomic E-state index is 0.126. The van der Waals surface area contributed by atoms with Gasteiger partial charge in [0.15, 0.2) is 0 Å². The van der Waals surface area contributed by atoms with Gasteiger partial charge >= 0.3 is 0 Å². The lowest BCUT2D eigenvalue weighted by Crippen LogP contribution is -2.39. The maximum Gasteiger partial charge on any atom is 0.124 e. The van der Waals surface area contributed by atoms with Crippen LogP contribution in [0, 0.1) is 5.41 Å². The SMILES string of the molecule is CC1CN(C)CCCN1c1ccc(Br)cc1C(=N)N. The second kappa shape index (κ2) is 5.92. The number of likely N-dealkylation sites (N-methyl/N-ethyl adjacent to an activating group) is 1. The molecule has 1 fully saturated rings. The summed E-state index contributed by atoms with van der Waals surface area (Å²) in [5.41, 5.74) is 7.61. The number of nitrogen functional groups attached to an aromatic ring is 1. The van der Waals surface area contributed by atoms with Crippen LogP contribution >= 0.6 is 15.9 Å². The van der Waals surface area contributed by atoms with Gasteiger partial charge in [-0.05, 0) is 45.1 Å². The fourth-order valence-electron chi connectivity index (χ4n) is 2.70. The van der Waals surface area contributed by atoms with Crippen LogP contribution in [0.2, 0.25) is 0 Å². The predicted molar refractivity (Wildman–Crippen MR) is 84.1 cm³/mol. The molecule has 1 atom stereocenters. The Morgan fingerprint density at radius 2 is 2.16 bits per heavy atom. The summed E-state index contributed by atoms with van der Waals surface area (Å²) < 4.78 is 0.959. The minimum Gasteiger partial charge on any atom is -0.384 e. The average Bonchev–Trinajstić information content (AvgIpc) is 2.50. The molecule has 5 heteroatoms. The Balaban J connectivity index is 2.37. The number of benzene rings is 1. The largest absolute Gasteiger partial charge is 0.384 e. The number of rotatable bonds is 2. The Hall–Kier alpha value is -1.07. The predicted octanol–water partition coefficient (Wildman–Crippen LogP) is 2.26. The van der Waals surface area contributed by atoms with Gasteiger partial charge in [0.2, 0.25) is 0 Å². The molecule has 0 aromatic heterocycles. The summed E-state index contributed by atoms with van der Waals surface area (Å²) in [5.74, 6) is 0.126. The number of halogens is 1. The van der Waals surface area contributed by atoms with Crippen LogP contribution < -0.4 is 10.6 Å². The molecule has 1 heterocycles. The van der Waals surface area contributed by atoms with Crippen LogP contribution in [0.1, 0.15) is 18.9 Å². The van der Waals surface area contributed by atoms with Gasteiger partial charge in [0.25, 0.3) is 0 Å². The molecular weight excluding hydrogens is 304 g/mol. The van der Waals surface area contributed by atoms with Crippen molar-refractivity contribution in [2.24, 2.45) is 5.73 Å². The van der Waals surface area contributed by atoms with Crippen LogP contribution in [-0.4, -0.2) is 43.5 Å². The number of amidine groups is 1. The lowest BCUT2D eigenvalue weighted by Gasteiger charge is -2.31. The summed E-state index contributed by atoms with van der Waals surface area (Å²) >= 11 is 3.45. The summed E-state index contributed by atoms with van der Waals surface area (Å²) in [4.78, 5) is 4.73. The summed E-state index contributed by atoms with van der Waals surface area (Å²) in [5, 5.41) is 7.77. The average molecular weight is 325 g/mol. The first-order valence-corrected chi connectivity index (χ1v) is 7.37. The quantitative estimate of drug-likeness (QED) is 0.648. The third-order valence-electron chi connectivity index (χ3n) is 3.61. The highest BCUT2D eigenvalue weighted by atomic mass is 79.9. The lowest BCUT2D eigenvalue weighted by atomic mass is 10.1. The van der Waals surface area contributed by atoms with Gasteiger partial charge in [-0.15, -0.1) is 0 Å². The van der Waals surface area contributed by atoms with Gasteiger partial charge in [0.05, 0.1) is 0 Å². The number of hydrogen-bond acceptors (Lipinski definition) is 3. The van der Waals surface area contributed by atoms with Crippen molar-refractivity contribution in [2.45, 2.75) is 19.4 Å². The molecule has 1 aliphatic rings. The van der Waals surface area contributed by atoms with Gasteiger partial charge in [-0.3, -0.25) is 5.41 Å². The molecule has 1 aliphatic heterocycles. The van der Waals surface area contributed by atoms with Crippen LogP contribution in [-0.2, 0) is 0 Å². The lowest BCUT2D eigenvalue weighted by molar-refractivity contribution is 0.337. The zero-order valence-electron chi connectivity index (χ0n) is 11.5. The molecule has 2 rings (SSSR count). The minimum atomic E-state index is 0.126. The molecule has 1 unspecified atom stereocenters. The molecule has 1 aromatic carbocycles. The van der Waals surface area contributed by atoms with E-state index in [9.17, 15) is 0 Å². The van der Waals surface area contributed by atoms with E-state index in [1.807, 2.05) is 12.1 Å². The van der Waals surface area contributed by atoms with Crippen molar-refractivity contribution in [3.05, 3.63) is 28.2 Å². The first kappa shape index (κ1) is 14.3. The second-order valence-electron chi connectivity index (χ2n) is 5.23. The van der Waals surface area contributed by atoms with Gasteiger partial charge in [-0.1, -0.05) is 15.9 Å². The summed E-state index contributed by atoms with van der Waals surface area (Å²) in [6, 6.07) is 6.43. The van der Waals surface area contributed by atoms with Crippen molar-refractivity contribution in [1.82, 2.24) is 4.90 Å². The van der Waals surface area contributed by atoms with Crippen molar-refractivity contribution in [2.75, 3.05) is 31.6 Å². The maximum atomic E-state index is 7.77. The summed E-state index contributed by atoms with van der Waals surface area (Å²) in [6.07, 6.45) is 1.13. The molecule has 1 aromatic rings. The van der Waals surface area contributed by atoms with Crippen LogP contribution in [0.15, 0.2) is 22.7 Å². The monoisotopic (exact) mass is 324 g/mol. The molecule has 0 amide bonds. The van der Waals surface area contributed by atoms with E-state index in [0.717, 1.165) is 41.8 Å².